The van der Waals surface area contributed by atoms with E-state index in [1.165, 1.54) is 29.5 Å². The van der Waals surface area contributed by atoms with Crippen LogP contribution in [0.2, 0.25) is 0 Å². The lowest BCUT2D eigenvalue weighted by atomic mass is 9.89. The summed E-state index contributed by atoms with van der Waals surface area (Å²) in [5.74, 6) is 1.32. The van der Waals surface area contributed by atoms with E-state index in [0.29, 0.717) is 5.92 Å². The number of nitrogen functional groups attached to an aromatic ring is 1. The zero-order valence-electron chi connectivity index (χ0n) is 10.3. The van der Waals surface area contributed by atoms with Gasteiger partial charge in [0.05, 0.1) is 11.6 Å². The molecular formula is C15H18N2. The van der Waals surface area contributed by atoms with Gasteiger partial charge in [-0.25, -0.2) is 0 Å². The molecular weight excluding hydrogens is 208 g/mol. The zero-order valence-corrected chi connectivity index (χ0v) is 10.3. The Labute approximate surface area is 102 Å². The molecule has 1 atom stereocenters. The summed E-state index contributed by atoms with van der Waals surface area (Å²) in [6.07, 6.45) is 5.87. The maximum Gasteiger partial charge on any atom is 0.0994 e. The summed E-state index contributed by atoms with van der Waals surface area (Å²) in [4.78, 5) is 0. The lowest BCUT2D eigenvalue weighted by Crippen LogP contribution is -2.06. The molecule has 0 radical (unpaired) electrons. The molecule has 0 aromatic heterocycles. The summed E-state index contributed by atoms with van der Waals surface area (Å²) in [7, 11) is 0. The van der Waals surface area contributed by atoms with Gasteiger partial charge in [-0.15, -0.1) is 0 Å². The van der Waals surface area contributed by atoms with Crippen molar-refractivity contribution >= 4 is 5.69 Å². The van der Waals surface area contributed by atoms with E-state index in [-0.39, 0.29) is 0 Å². The first-order valence-corrected chi connectivity index (χ1v) is 6.56. The van der Waals surface area contributed by atoms with E-state index in [9.17, 15) is 5.26 Å². The molecule has 2 nitrogen and oxygen atoms in total. The Morgan fingerprint density at radius 2 is 2.06 bits per heavy atom. The monoisotopic (exact) mass is 226 g/mol. The van der Waals surface area contributed by atoms with Gasteiger partial charge in [0.15, 0.2) is 0 Å². The molecule has 17 heavy (non-hydrogen) atoms. The van der Waals surface area contributed by atoms with Gasteiger partial charge in [-0.3, -0.25) is 0 Å². The van der Waals surface area contributed by atoms with Gasteiger partial charge >= 0.3 is 0 Å². The van der Waals surface area contributed by atoms with E-state index < -0.39 is 0 Å². The molecule has 0 unspecified atom stereocenters. The van der Waals surface area contributed by atoms with E-state index >= 15 is 0 Å². The summed E-state index contributed by atoms with van der Waals surface area (Å²) in [5.41, 5.74) is 11.9. The highest BCUT2D eigenvalue weighted by Gasteiger charge is 2.32. The Hall–Kier alpha value is -1.49. The second kappa shape index (κ2) is 3.77. The van der Waals surface area contributed by atoms with Crippen LogP contribution in [0.15, 0.2) is 6.07 Å². The number of hydrogen-bond acceptors (Lipinski definition) is 2. The van der Waals surface area contributed by atoms with Gasteiger partial charge in [-0.05, 0) is 66.7 Å². The SMILES string of the molecule is C[C@@H](c1cc(C#N)c2c(c1N)CCC2)C1CC1. The standard InChI is InChI=1S/C15H18N2/c1-9(10-5-6-10)14-7-11(8-16)12-3-2-4-13(12)15(14)17/h7,9-10H,2-6,17H2,1H3/t9-/m1/s1. The number of benzene rings is 1. The highest BCUT2D eigenvalue weighted by molar-refractivity contribution is 5.64. The van der Waals surface area contributed by atoms with Crippen molar-refractivity contribution in [1.82, 2.24) is 0 Å². The molecule has 1 aromatic rings. The number of hydrogen-bond donors (Lipinski definition) is 1. The zero-order chi connectivity index (χ0) is 12.0. The highest BCUT2D eigenvalue weighted by atomic mass is 14.6. The van der Waals surface area contributed by atoms with Crippen LogP contribution in [0.3, 0.4) is 0 Å². The lowest BCUT2D eigenvalue weighted by Gasteiger charge is -2.17. The number of nitriles is 1. The average molecular weight is 226 g/mol. The molecule has 0 saturated heterocycles. The van der Waals surface area contributed by atoms with Crippen LogP contribution in [-0.4, -0.2) is 0 Å². The normalized spacial score (nSPS) is 19.8. The van der Waals surface area contributed by atoms with Crippen molar-refractivity contribution in [3.05, 3.63) is 28.3 Å². The van der Waals surface area contributed by atoms with E-state index in [2.05, 4.69) is 19.1 Å². The van der Waals surface area contributed by atoms with Gasteiger partial charge < -0.3 is 5.73 Å². The van der Waals surface area contributed by atoms with Crippen molar-refractivity contribution in [1.29, 1.82) is 5.26 Å². The molecule has 1 fully saturated rings. The Bertz CT molecular complexity index is 507. The van der Waals surface area contributed by atoms with Crippen molar-refractivity contribution in [3.8, 4) is 6.07 Å². The second-order valence-corrected chi connectivity index (χ2v) is 5.48. The fourth-order valence-corrected chi connectivity index (χ4v) is 3.16. The Kier molecular flexibility index (Phi) is 2.36. The van der Waals surface area contributed by atoms with Crippen molar-refractivity contribution < 1.29 is 0 Å². The highest BCUT2D eigenvalue weighted by Crippen LogP contribution is 2.46. The van der Waals surface area contributed by atoms with Gasteiger partial charge in [-0.2, -0.15) is 5.26 Å². The van der Waals surface area contributed by atoms with Crippen molar-refractivity contribution in [2.45, 2.75) is 44.9 Å². The predicted molar refractivity (Wildman–Crippen MR) is 68.7 cm³/mol. The predicted octanol–water partition coefficient (Wildman–Crippen LogP) is 3.14. The molecule has 0 heterocycles. The van der Waals surface area contributed by atoms with Gasteiger partial charge in [0.2, 0.25) is 0 Å². The molecule has 0 spiro atoms. The molecule has 0 aliphatic heterocycles. The summed E-state index contributed by atoms with van der Waals surface area (Å²) >= 11 is 0. The third kappa shape index (κ3) is 1.61. The number of nitrogens with two attached hydrogens (primary N) is 1. The van der Waals surface area contributed by atoms with E-state index in [1.54, 1.807) is 0 Å². The summed E-state index contributed by atoms with van der Waals surface area (Å²) in [5, 5.41) is 9.26. The van der Waals surface area contributed by atoms with E-state index in [4.69, 9.17) is 5.73 Å². The minimum atomic E-state index is 0.521. The second-order valence-electron chi connectivity index (χ2n) is 5.48. The van der Waals surface area contributed by atoms with E-state index in [0.717, 1.165) is 36.4 Å². The Morgan fingerprint density at radius 3 is 2.71 bits per heavy atom. The van der Waals surface area contributed by atoms with Crippen LogP contribution in [0.5, 0.6) is 0 Å². The fraction of sp³-hybridized carbons (Fsp3) is 0.533. The molecule has 2 heteroatoms. The van der Waals surface area contributed by atoms with Crippen LogP contribution in [-0.2, 0) is 12.8 Å². The first-order valence-electron chi connectivity index (χ1n) is 6.56. The molecule has 0 amide bonds. The maximum absolute atomic E-state index is 9.26. The van der Waals surface area contributed by atoms with Crippen molar-refractivity contribution in [2.24, 2.45) is 5.92 Å². The number of rotatable bonds is 2. The van der Waals surface area contributed by atoms with Gasteiger partial charge in [0.1, 0.15) is 0 Å². The first-order chi connectivity index (χ1) is 8.22. The molecule has 3 rings (SSSR count). The molecule has 0 bridgehead atoms. The Balaban J connectivity index is 2.13. The average Bonchev–Trinajstić information content (AvgIpc) is 3.07. The first kappa shape index (κ1) is 10.7. The smallest absolute Gasteiger partial charge is 0.0994 e. The number of nitrogens with zero attached hydrogens (tertiary/aromatic N) is 1. The van der Waals surface area contributed by atoms with Gasteiger partial charge in [0.25, 0.3) is 0 Å². The summed E-state index contributed by atoms with van der Waals surface area (Å²) < 4.78 is 0. The molecule has 1 aromatic carbocycles. The maximum atomic E-state index is 9.26. The van der Waals surface area contributed by atoms with Crippen LogP contribution in [0.4, 0.5) is 5.69 Å². The fourth-order valence-electron chi connectivity index (χ4n) is 3.16. The minimum Gasteiger partial charge on any atom is -0.398 e. The third-order valence-electron chi connectivity index (χ3n) is 4.42. The van der Waals surface area contributed by atoms with Crippen LogP contribution >= 0.6 is 0 Å². The topological polar surface area (TPSA) is 49.8 Å². The Morgan fingerprint density at radius 1 is 1.35 bits per heavy atom. The van der Waals surface area contributed by atoms with Crippen molar-refractivity contribution in [3.63, 3.8) is 0 Å². The quantitative estimate of drug-likeness (QED) is 0.787. The lowest BCUT2D eigenvalue weighted by molar-refractivity contribution is 0.665. The summed E-state index contributed by atoms with van der Waals surface area (Å²) in [6.45, 7) is 2.26. The molecule has 1 saturated carbocycles. The largest absolute Gasteiger partial charge is 0.398 e. The number of anilines is 1. The molecule has 2 aliphatic carbocycles. The molecule has 2 N–H and O–H groups in total. The molecule has 88 valence electrons. The third-order valence-corrected chi connectivity index (χ3v) is 4.42. The van der Waals surface area contributed by atoms with Crippen LogP contribution in [0.25, 0.3) is 0 Å². The molecule has 2 aliphatic rings. The van der Waals surface area contributed by atoms with Gasteiger partial charge in [-0.1, -0.05) is 6.92 Å². The van der Waals surface area contributed by atoms with Crippen LogP contribution in [0, 0.1) is 17.2 Å². The van der Waals surface area contributed by atoms with Gasteiger partial charge in [0, 0.05) is 5.69 Å². The summed E-state index contributed by atoms with van der Waals surface area (Å²) in [6, 6.07) is 4.41. The number of fused-ring (bicyclic) bond motifs is 1. The van der Waals surface area contributed by atoms with Crippen LogP contribution < -0.4 is 5.73 Å². The van der Waals surface area contributed by atoms with Crippen molar-refractivity contribution in [2.75, 3.05) is 5.73 Å². The van der Waals surface area contributed by atoms with Crippen LogP contribution in [0.1, 0.15) is 54.4 Å². The van der Waals surface area contributed by atoms with E-state index in [1.807, 2.05) is 0 Å². The minimum absolute atomic E-state index is 0.521.